The zero-order valence-electron chi connectivity index (χ0n) is 20.5. The van der Waals surface area contributed by atoms with Crippen molar-refractivity contribution in [3.05, 3.63) is 35.9 Å². The van der Waals surface area contributed by atoms with Crippen LogP contribution in [-0.4, -0.2) is 113 Å². The summed E-state index contributed by atoms with van der Waals surface area (Å²) in [6, 6.07) is 8.47. The highest BCUT2D eigenvalue weighted by molar-refractivity contribution is 6.05. The standard InChI is InChI=1S/C24H35N7O3/c1-5-29(6-2)14-10-13-25-21(32)18-16-31-19-20(27(3)24(34)28(4)22(19)33)26-23(31)30(18)15-17-11-8-7-9-12-17/h7-9,11-12,18-20H,5-6,10,13-16H2,1-4H3,(H,25,32). The summed E-state index contributed by atoms with van der Waals surface area (Å²) in [5.74, 6) is 0.252. The number of fused-ring (bicyclic) bond motifs is 3. The van der Waals surface area contributed by atoms with Gasteiger partial charge in [-0.2, -0.15) is 0 Å². The van der Waals surface area contributed by atoms with Crippen LogP contribution in [0.3, 0.4) is 0 Å². The molecule has 0 radical (unpaired) electrons. The Morgan fingerprint density at radius 3 is 2.53 bits per heavy atom. The Bertz CT molecular complexity index is 949. The maximum Gasteiger partial charge on any atom is 0.328 e. The molecule has 0 bridgehead atoms. The Labute approximate surface area is 201 Å². The maximum absolute atomic E-state index is 13.3. The van der Waals surface area contributed by atoms with E-state index in [-0.39, 0.29) is 17.8 Å². The first-order valence-corrected chi connectivity index (χ1v) is 12.1. The van der Waals surface area contributed by atoms with E-state index in [0.29, 0.717) is 25.6 Å². The van der Waals surface area contributed by atoms with Gasteiger partial charge in [0.05, 0.1) is 6.54 Å². The van der Waals surface area contributed by atoms with E-state index < -0.39 is 18.2 Å². The molecule has 10 heteroatoms. The van der Waals surface area contributed by atoms with E-state index in [1.54, 1.807) is 7.05 Å². The van der Waals surface area contributed by atoms with E-state index in [9.17, 15) is 14.4 Å². The number of hydrogen-bond donors (Lipinski definition) is 1. The number of nitrogens with one attached hydrogen (secondary N) is 1. The number of aliphatic imine (C=N–C) groups is 1. The number of imide groups is 1. The number of likely N-dealkylation sites (N-methyl/N-ethyl adjacent to an activating group) is 2. The van der Waals surface area contributed by atoms with Crippen LogP contribution in [0.15, 0.2) is 35.3 Å². The normalized spacial score (nSPS) is 24.0. The topological polar surface area (TPSA) is 91.8 Å². The first-order chi connectivity index (χ1) is 16.4. The van der Waals surface area contributed by atoms with Gasteiger partial charge >= 0.3 is 6.03 Å². The number of hydrogen-bond acceptors (Lipinski definition) is 7. The molecule has 3 atom stereocenters. The minimum absolute atomic E-state index is 0.0647. The van der Waals surface area contributed by atoms with Gasteiger partial charge < -0.3 is 24.9 Å². The summed E-state index contributed by atoms with van der Waals surface area (Å²) in [5.41, 5.74) is 1.05. The smallest absolute Gasteiger partial charge is 0.328 e. The third kappa shape index (κ3) is 4.34. The van der Waals surface area contributed by atoms with Crippen molar-refractivity contribution in [2.45, 2.75) is 45.1 Å². The van der Waals surface area contributed by atoms with Crippen LogP contribution < -0.4 is 5.32 Å². The van der Waals surface area contributed by atoms with Crippen molar-refractivity contribution in [3.8, 4) is 0 Å². The highest BCUT2D eigenvalue weighted by Crippen LogP contribution is 2.33. The first kappa shape index (κ1) is 24.0. The van der Waals surface area contributed by atoms with Crippen molar-refractivity contribution in [2.24, 2.45) is 4.99 Å². The second-order valence-corrected chi connectivity index (χ2v) is 9.03. The predicted octanol–water partition coefficient (Wildman–Crippen LogP) is 0.609. The Hall–Kier alpha value is -3.14. The minimum atomic E-state index is -0.610. The van der Waals surface area contributed by atoms with E-state index in [1.807, 2.05) is 40.1 Å². The molecular weight excluding hydrogens is 434 g/mol. The van der Waals surface area contributed by atoms with Crippen molar-refractivity contribution >= 4 is 23.8 Å². The van der Waals surface area contributed by atoms with Gasteiger partial charge in [0.1, 0.15) is 6.04 Å². The van der Waals surface area contributed by atoms with E-state index in [1.165, 1.54) is 11.9 Å². The van der Waals surface area contributed by atoms with Crippen molar-refractivity contribution in [3.63, 3.8) is 0 Å². The molecule has 0 saturated carbocycles. The van der Waals surface area contributed by atoms with Crippen LogP contribution in [0.4, 0.5) is 4.79 Å². The number of guanidine groups is 1. The Kier molecular flexibility index (Phi) is 7.06. The molecule has 1 aromatic rings. The van der Waals surface area contributed by atoms with Crippen LogP contribution in [0, 0.1) is 0 Å². The van der Waals surface area contributed by atoms with E-state index >= 15 is 0 Å². The van der Waals surface area contributed by atoms with Crippen molar-refractivity contribution in [1.82, 2.24) is 29.8 Å². The number of benzene rings is 1. The monoisotopic (exact) mass is 469 g/mol. The Morgan fingerprint density at radius 2 is 1.85 bits per heavy atom. The van der Waals surface area contributed by atoms with Crippen LogP contribution >= 0.6 is 0 Å². The summed E-state index contributed by atoms with van der Waals surface area (Å²) in [6.07, 6.45) is 0.298. The SMILES string of the molecule is CCN(CC)CCCNC(=O)C1CN2C(=NC3C2C(=O)N(C)C(=O)N3C)N1Cc1ccccc1. The molecule has 184 valence electrons. The molecule has 0 spiro atoms. The lowest BCUT2D eigenvalue weighted by molar-refractivity contribution is -0.136. The van der Waals surface area contributed by atoms with Gasteiger partial charge in [-0.3, -0.25) is 14.5 Å². The summed E-state index contributed by atoms with van der Waals surface area (Å²) in [6.45, 7) is 8.66. The van der Waals surface area contributed by atoms with E-state index in [2.05, 4.69) is 24.1 Å². The molecule has 34 heavy (non-hydrogen) atoms. The summed E-state index contributed by atoms with van der Waals surface area (Å²) >= 11 is 0. The average molecular weight is 470 g/mol. The molecule has 4 amide bonds. The van der Waals surface area contributed by atoms with Gasteiger partial charge in [0.15, 0.2) is 12.2 Å². The van der Waals surface area contributed by atoms with Crippen molar-refractivity contribution < 1.29 is 14.4 Å². The second kappa shape index (κ2) is 10.0. The van der Waals surface area contributed by atoms with Crippen molar-refractivity contribution in [1.29, 1.82) is 0 Å². The molecule has 0 aliphatic carbocycles. The van der Waals surface area contributed by atoms with Crippen LogP contribution in [0.25, 0.3) is 0 Å². The first-order valence-electron chi connectivity index (χ1n) is 12.1. The van der Waals surface area contributed by atoms with E-state index in [4.69, 9.17) is 4.99 Å². The molecule has 10 nitrogen and oxygen atoms in total. The number of urea groups is 1. The molecule has 1 N–H and O–H groups in total. The van der Waals surface area contributed by atoms with Crippen LogP contribution in [0.1, 0.15) is 25.8 Å². The fraction of sp³-hybridized carbons (Fsp3) is 0.583. The number of nitrogens with zero attached hydrogens (tertiary/aromatic N) is 6. The number of rotatable bonds is 9. The van der Waals surface area contributed by atoms with E-state index in [0.717, 1.165) is 36.5 Å². The van der Waals surface area contributed by atoms with Crippen LogP contribution in [-0.2, 0) is 16.1 Å². The molecule has 3 aliphatic rings. The lowest BCUT2D eigenvalue weighted by atomic mass is 10.1. The molecule has 1 aromatic carbocycles. The molecule has 0 aromatic heterocycles. The van der Waals surface area contributed by atoms with Gasteiger partial charge in [-0.1, -0.05) is 44.2 Å². The van der Waals surface area contributed by atoms with Gasteiger partial charge in [-0.25, -0.2) is 9.79 Å². The Morgan fingerprint density at radius 1 is 1.15 bits per heavy atom. The number of carbonyl (C=O) groups excluding carboxylic acids is 3. The molecule has 3 aliphatic heterocycles. The molecular formula is C24H35N7O3. The fourth-order valence-electron chi connectivity index (χ4n) is 4.97. The highest BCUT2D eigenvalue weighted by Gasteiger charge is 2.56. The third-order valence-corrected chi connectivity index (χ3v) is 7.04. The molecule has 3 unspecified atom stereocenters. The van der Waals surface area contributed by atoms with Crippen LogP contribution in [0.2, 0.25) is 0 Å². The summed E-state index contributed by atoms with van der Waals surface area (Å²) in [7, 11) is 3.16. The summed E-state index contributed by atoms with van der Waals surface area (Å²) < 4.78 is 0. The molecule has 2 fully saturated rings. The molecule has 3 heterocycles. The summed E-state index contributed by atoms with van der Waals surface area (Å²) in [5, 5.41) is 3.09. The number of carbonyl (C=O) groups is 3. The minimum Gasteiger partial charge on any atom is -0.354 e. The number of amides is 4. The highest BCUT2D eigenvalue weighted by atomic mass is 16.2. The second-order valence-electron chi connectivity index (χ2n) is 9.03. The molecule has 4 rings (SSSR count). The quantitative estimate of drug-likeness (QED) is 0.533. The van der Waals surface area contributed by atoms with Crippen molar-refractivity contribution in [2.75, 3.05) is 46.8 Å². The maximum atomic E-state index is 13.3. The van der Waals surface area contributed by atoms with Gasteiger partial charge in [-0.15, -0.1) is 0 Å². The summed E-state index contributed by atoms with van der Waals surface area (Å²) in [4.78, 5) is 52.4. The fourth-order valence-corrected chi connectivity index (χ4v) is 4.97. The predicted molar refractivity (Wildman–Crippen MR) is 129 cm³/mol. The zero-order chi connectivity index (χ0) is 24.4. The van der Waals surface area contributed by atoms with Gasteiger partial charge in [-0.05, 0) is 31.6 Å². The lowest BCUT2D eigenvalue weighted by Gasteiger charge is -2.39. The van der Waals surface area contributed by atoms with Gasteiger partial charge in [0, 0.05) is 27.2 Å². The van der Waals surface area contributed by atoms with Gasteiger partial charge in [0.25, 0.3) is 5.91 Å². The van der Waals surface area contributed by atoms with Gasteiger partial charge in [0.2, 0.25) is 11.9 Å². The average Bonchev–Trinajstić information content (AvgIpc) is 3.39. The zero-order valence-corrected chi connectivity index (χ0v) is 20.5. The Balaban J connectivity index is 1.53. The van der Waals surface area contributed by atoms with Crippen LogP contribution in [0.5, 0.6) is 0 Å². The lowest BCUT2D eigenvalue weighted by Crippen LogP contribution is -2.63. The molecule has 2 saturated heterocycles. The third-order valence-electron chi connectivity index (χ3n) is 7.04. The largest absolute Gasteiger partial charge is 0.354 e.